The molecule has 2 atom stereocenters. The third-order valence-corrected chi connectivity index (χ3v) is 6.82. The van der Waals surface area contributed by atoms with Crippen LogP contribution in [0.2, 0.25) is 0 Å². The zero-order valence-corrected chi connectivity index (χ0v) is 22.8. The van der Waals surface area contributed by atoms with E-state index < -0.39 is 12.0 Å². The Bertz CT molecular complexity index is 1460. The molecule has 200 valence electrons. The predicted octanol–water partition coefficient (Wildman–Crippen LogP) is 4.68. The van der Waals surface area contributed by atoms with Crippen molar-refractivity contribution in [3.63, 3.8) is 0 Å². The summed E-state index contributed by atoms with van der Waals surface area (Å²) >= 11 is 1.32. The van der Waals surface area contributed by atoms with Crippen molar-refractivity contribution >= 4 is 35.1 Å². The second-order valence-corrected chi connectivity index (χ2v) is 9.58. The van der Waals surface area contributed by atoms with E-state index in [1.165, 1.54) is 11.9 Å². The highest BCUT2D eigenvalue weighted by molar-refractivity contribution is 7.97. The van der Waals surface area contributed by atoms with Gasteiger partial charge in [-0.1, -0.05) is 44.2 Å². The number of benzene rings is 2. The first-order valence-electron chi connectivity index (χ1n) is 12.3. The van der Waals surface area contributed by atoms with Crippen LogP contribution in [0.15, 0.2) is 78.0 Å². The van der Waals surface area contributed by atoms with Crippen molar-refractivity contribution in [1.29, 1.82) is 0 Å². The van der Waals surface area contributed by atoms with Gasteiger partial charge >= 0.3 is 5.97 Å². The second kappa shape index (κ2) is 14.8. The Morgan fingerprint density at radius 2 is 1.72 bits per heavy atom. The average Bonchev–Trinajstić information content (AvgIpc) is 2.96. The van der Waals surface area contributed by atoms with Crippen LogP contribution >= 0.6 is 11.9 Å². The summed E-state index contributed by atoms with van der Waals surface area (Å²) in [5.41, 5.74) is 6.87. The quantitative estimate of drug-likeness (QED) is 0.0825. The Kier molecular flexibility index (Phi) is 11.2. The smallest absolute Gasteiger partial charge is 0.321 e. The first-order chi connectivity index (χ1) is 18.9. The third kappa shape index (κ3) is 8.21. The van der Waals surface area contributed by atoms with Crippen molar-refractivity contribution in [2.45, 2.75) is 31.2 Å². The molecule has 4 rings (SSSR count). The van der Waals surface area contributed by atoms with Crippen LogP contribution in [0.1, 0.15) is 41.8 Å². The van der Waals surface area contributed by atoms with Crippen LogP contribution < -0.4 is 16.0 Å². The number of hydrogen-bond acceptors (Lipinski definition) is 8. The fourth-order valence-electron chi connectivity index (χ4n) is 3.59. The van der Waals surface area contributed by atoms with Gasteiger partial charge < -0.3 is 5.11 Å². The van der Waals surface area contributed by atoms with Gasteiger partial charge in [-0.3, -0.25) is 25.8 Å². The number of hydrazine groups is 1. The highest BCUT2D eigenvalue weighted by atomic mass is 32.2. The molecule has 2 unspecified atom stereocenters. The van der Waals surface area contributed by atoms with Crippen LogP contribution in [0.5, 0.6) is 0 Å². The van der Waals surface area contributed by atoms with E-state index in [2.05, 4.69) is 37.8 Å². The normalized spacial score (nSPS) is 11.9. The minimum Gasteiger partial charge on any atom is -0.480 e. The first-order valence-corrected chi connectivity index (χ1v) is 13.2. The lowest BCUT2D eigenvalue weighted by Gasteiger charge is -2.19. The van der Waals surface area contributed by atoms with Crippen LogP contribution in [0.25, 0.3) is 22.2 Å². The standard InChI is InChI=1S/C29H25N3O3S.CH6N2/c1-3-19(2)28(29(34)35)32-36-24-12-8-21(9-13-24)5-4-20-6-10-22(11-7-20)27-16-23(18-33)25-17-30-15-14-26(25)31-27;1-3-2/h6-19,28,32H,3H2,1-2H3,(H,34,35);3H,2H2,1H3. The summed E-state index contributed by atoms with van der Waals surface area (Å²) < 4.78 is 3.05. The average molecular weight is 542 g/mol. The van der Waals surface area contributed by atoms with Crippen LogP contribution in [0.3, 0.4) is 0 Å². The largest absolute Gasteiger partial charge is 0.480 e. The molecule has 0 fully saturated rings. The Hall–Kier alpha value is -4.07. The minimum absolute atomic E-state index is 0.0351. The number of carbonyl (C=O) groups is 2. The topological polar surface area (TPSA) is 130 Å². The van der Waals surface area contributed by atoms with Crippen LogP contribution in [0.4, 0.5) is 0 Å². The monoisotopic (exact) mass is 541 g/mol. The summed E-state index contributed by atoms with van der Waals surface area (Å²) in [5, 5.41) is 10.1. The summed E-state index contributed by atoms with van der Waals surface area (Å²) in [5.74, 6) is 10.1. The fourth-order valence-corrected chi connectivity index (χ4v) is 4.46. The van der Waals surface area contributed by atoms with Gasteiger partial charge in [-0.25, -0.2) is 9.71 Å². The number of carboxylic acids is 1. The maximum atomic E-state index is 11.5. The van der Waals surface area contributed by atoms with E-state index in [9.17, 15) is 14.7 Å². The summed E-state index contributed by atoms with van der Waals surface area (Å²) in [6.07, 6.45) is 4.92. The van der Waals surface area contributed by atoms with E-state index in [1.807, 2.05) is 62.4 Å². The molecular formula is C30H31N5O3S. The van der Waals surface area contributed by atoms with Crippen molar-refractivity contribution < 1.29 is 14.7 Å². The molecule has 0 saturated heterocycles. The maximum absolute atomic E-state index is 11.5. The third-order valence-electron chi connectivity index (χ3n) is 5.94. The number of carbonyl (C=O) groups excluding carboxylic acids is 1. The van der Waals surface area contributed by atoms with Gasteiger partial charge in [-0.05, 0) is 73.4 Å². The summed E-state index contributed by atoms with van der Waals surface area (Å²) in [7, 11) is 1.65. The molecule has 0 aliphatic carbocycles. The van der Waals surface area contributed by atoms with Gasteiger partial charge in [0.25, 0.3) is 0 Å². The summed E-state index contributed by atoms with van der Waals surface area (Å²) in [4.78, 5) is 32.7. The molecule has 9 heteroatoms. The van der Waals surface area contributed by atoms with Crippen LogP contribution in [-0.2, 0) is 4.79 Å². The number of nitrogens with two attached hydrogens (primary N) is 1. The highest BCUT2D eigenvalue weighted by Crippen LogP contribution is 2.24. The van der Waals surface area contributed by atoms with Crippen molar-refractivity contribution in [3.8, 4) is 23.1 Å². The molecule has 2 aromatic heterocycles. The van der Waals surface area contributed by atoms with Crippen LogP contribution in [-0.4, -0.2) is 40.4 Å². The zero-order valence-electron chi connectivity index (χ0n) is 22.0. The van der Waals surface area contributed by atoms with Gasteiger partial charge in [0.15, 0.2) is 6.29 Å². The number of nitrogens with zero attached hydrogens (tertiary/aromatic N) is 2. The molecular weight excluding hydrogens is 510 g/mol. The van der Waals surface area contributed by atoms with Crippen molar-refractivity contribution in [1.82, 2.24) is 20.1 Å². The number of carboxylic acid groups (broad SMARTS) is 1. The lowest BCUT2D eigenvalue weighted by atomic mass is 10.0. The molecule has 0 amide bonds. The number of aliphatic carboxylic acids is 1. The van der Waals surface area contributed by atoms with E-state index in [0.717, 1.165) is 50.9 Å². The zero-order chi connectivity index (χ0) is 28.2. The fraction of sp³-hybridized carbons (Fsp3) is 0.200. The predicted molar refractivity (Wildman–Crippen MR) is 156 cm³/mol. The molecule has 0 bridgehead atoms. The number of aromatic nitrogens is 2. The Labute approximate surface area is 232 Å². The first kappa shape index (κ1) is 29.5. The van der Waals surface area contributed by atoms with Gasteiger partial charge in [-0.2, -0.15) is 0 Å². The second-order valence-electron chi connectivity index (χ2n) is 8.67. The van der Waals surface area contributed by atoms with Gasteiger partial charge in [-0.15, -0.1) is 0 Å². The SMILES string of the molecule is CCC(C)C(NSc1ccc(C#Cc2ccc(-c3cc(C=O)c4cnccc4n3)cc2)cc1)C(=O)O.CNN. The number of fused-ring (bicyclic) bond motifs is 1. The molecule has 4 aromatic rings. The Morgan fingerprint density at radius 1 is 1.10 bits per heavy atom. The summed E-state index contributed by atoms with van der Waals surface area (Å²) in [6.45, 7) is 3.91. The molecule has 8 nitrogen and oxygen atoms in total. The molecule has 39 heavy (non-hydrogen) atoms. The number of rotatable bonds is 8. The highest BCUT2D eigenvalue weighted by Gasteiger charge is 2.23. The molecule has 5 N–H and O–H groups in total. The van der Waals surface area contributed by atoms with E-state index in [1.54, 1.807) is 31.6 Å². The van der Waals surface area contributed by atoms with Gasteiger partial charge in [0.05, 0.1) is 11.2 Å². The Morgan fingerprint density at radius 3 is 2.28 bits per heavy atom. The number of pyridine rings is 2. The van der Waals surface area contributed by atoms with Crippen molar-refractivity contribution in [2.75, 3.05) is 7.05 Å². The van der Waals surface area contributed by atoms with E-state index in [0.29, 0.717) is 5.56 Å². The van der Waals surface area contributed by atoms with Crippen molar-refractivity contribution in [2.24, 2.45) is 11.8 Å². The number of nitrogens with one attached hydrogen (secondary N) is 2. The van der Waals surface area contributed by atoms with E-state index in [-0.39, 0.29) is 5.92 Å². The van der Waals surface area contributed by atoms with Gasteiger partial charge in [0, 0.05) is 44.9 Å². The molecule has 0 aliphatic heterocycles. The Balaban J connectivity index is 0.00000134. The lowest BCUT2D eigenvalue weighted by molar-refractivity contribution is -0.140. The van der Waals surface area contributed by atoms with Crippen LogP contribution in [0, 0.1) is 17.8 Å². The molecule has 2 aromatic carbocycles. The molecule has 2 heterocycles. The molecule has 0 saturated carbocycles. The van der Waals surface area contributed by atoms with E-state index in [4.69, 9.17) is 0 Å². The number of aldehydes is 1. The maximum Gasteiger partial charge on any atom is 0.321 e. The van der Waals surface area contributed by atoms with Gasteiger partial charge in [0.1, 0.15) is 6.04 Å². The van der Waals surface area contributed by atoms with Gasteiger partial charge in [0.2, 0.25) is 0 Å². The summed E-state index contributed by atoms with van der Waals surface area (Å²) in [6, 6.07) is 18.4. The number of hydrogen-bond donors (Lipinski definition) is 4. The molecule has 0 spiro atoms. The lowest BCUT2D eigenvalue weighted by Crippen LogP contribution is -2.37. The molecule has 0 radical (unpaired) electrons. The van der Waals surface area contributed by atoms with E-state index >= 15 is 0 Å². The van der Waals surface area contributed by atoms with Crippen molar-refractivity contribution in [3.05, 3.63) is 89.7 Å². The minimum atomic E-state index is -0.844. The molecule has 0 aliphatic rings.